The number of fused-ring (bicyclic) bond motifs is 3. The second-order valence-corrected chi connectivity index (χ2v) is 8.08. The van der Waals surface area contributed by atoms with Crippen LogP contribution in [-0.2, 0) is 0 Å². The summed E-state index contributed by atoms with van der Waals surface area (Å²) >= 11 is 3.22. The van der Waals surface area contributed by atoms with Crippen LogP contribution in [0.3, 0.4) is 0 Å². The van der Waals surface area contributed by atoms with Crippen molar-refractivity contribution in [2.24, 2.45) is 0 Å². The summed E-state index contributed by atoms with van der Waals surface area (Å²) in [5.41, 5.74) is 1.79. The first-order valence-electron chi connectivity index (χ1n) is 7.03. The Hall–Kier alpha value is -2.06. The zero-order chi connectivity index (χ0) is 16.9. The molecule has 0 radical (unpaired) electrons. The minimum Gasteiger partial charge on any atom is -0.290 e. The fourth-order valence-electron chi connectivity index (χ4n) is 2.76. The summed E-state index contributed by atoms with van der Waals surface area (Å²) in [6.07, 6.45) is 1.50. The molecule has 1 aliphatic heterocycles. The molecule has 2 heterocycles. The molecule has 24 heavy (non-hydrogen) atoms. The van der Waals surface area contributed by atoms with Crippen LogP contribution in [0.5, 0.6) is 0 Å². The first-order valence-corrected chi connectivity index (χ1v) is 9.37. The van der Waals surface area contributed by atoms with E-state index in [1.807, 2.05) is 12.1 Å². The topological polar surface area (TPSA) is 83.3 Å². The molecule has 2 aromatic carbocycles. The summed E-state index contributed by atoms with van der Waals surface area (Å²) in [4.78, 5) is 21.6. The fraction of sp³-hybridized carbons (Fsp3) is 0. The van der Waals surface area contributed by atoms with Gasteiger partial charge in [0.2, 0.25) is 11.6 Å². The van der Waals surface area contributed by atoms with Crippen molar-refractivity contribution >= 4 is 32.3 Å². The third-order valence-corrected chi connectivity index (χ3v) is 6.24. The third-order valence-electron chi connectivity index (χ3n) is 3.86. The molecule has 0 aliphatic carbocycles. The Balaban J connectivity index is 1.85. The van der Waals surface area contributed by atoms with Crippen LogP contribution in [0.15, 0.2) is 69.1 Å². The predicted octanol–water partition coefficient (Wildman–Crippen LogP) is 4.62. The number of nitrogens with zero attached hydrogens (tertiary/aromatic N) is 2. The standard InChI is InChI=1S/C17H11BrN2O3S/c18-15-7-8-19-17(20-15)16(21)10-5-6-14-12(9-10)11-3-1-2-4-13(11)24(14,22)23/h1-9,22-23H. The first kappa shape index (κ1) is 15.5. The van der Waals surface area contributed by atoms with Gasteiger partial charge in [0.25, 0.3) is 0 Å². The van der Waals surface area contributed by atoms with E-state index in [4.69, 9.17) is 0 Å². The lowest BCUT2D eigenvalue weighted by atomic mass is 10.0. The molecule has 0 saturated heterocycles. The maximum absolute atomic E-state index is 12.6. The van der Waals surface area contributed by atoms with Gasteiger partial charge in [-0.05, 0) is 46.3 Å². The molecule has 0 fully saturated rings. The van der Waals surface area contributed by atoms with Gasteiger partial charge in [0.05, 0.1) is 9.79 Å². The lowest BCUT2D eigenvalue weighted by molar-refractivity contribution is 0.102. The molecule has 7 heteroatoms. The van der Waals surface area contributed by atoms with Crippen molar-refractivity contribution in [2.45, 2.75) is 9.79 Å². The number of hydrogen-bond acceptors (Lipinski definition) is 5. The Bertz CT molecular complexity index is 991. The van der Waals surface area contributed by atoms with E-state index in [-0.39, 0.29) is 11.6 Å². The molecule has 1 aliphatic rings. The summed E-state index contributed by atoms with van der Waals surface area (Å²) in [6, 6.07) is 13.6. The van der Waals surface area contributed by atoms with Crippen LogP contribution in [0.1, 0.15) is 16.2 Å². The van der Waals surface area contributed by atoms with Gasteiger partial charge in [0.15, 0.2) is 0 Å². The lowest BCUT2D eigenvalue weighted by Gasteiger charge is -2.28. The molecule has 3 aromatic rings. The van der Waals surface area contributed by atoms with Crippen molar-refractivity contribution in [3.8, 4) is 11.1 Å². The molecular weight excluding hydrogens is 392 g/mol. The van der Waals surface area contributed by atoms with E-state index in [1.165, 1.54) is 6.20 Å². The molecule has 2 N–H and O–H groups in total. The summed E-state index contributed by atoms with van der Waals surface area (Å²) < 4.78 is 21.5. The van der Waals surface area contributed by atoms with E-state index < -0.39 is 10.6 Å². The van der Waals surface area contributed by atoms with Crippen molar-refractivity contribution < 1.29 is 13.9 Å². The zero-order valence-electron chi connectivity index (χ0n) is 12.2. The summed E-state index contributed by atoms with van der Waals surface area (Å²) in [6.45, 7) is 0. The number of benzene rings is 2. The minimum absolute atomic E-state index is 0.0854. The van der Waals surface area contributed by atoms with E-state index in [2.05, 4.69) is 25.9 Å². The Morgan fingerprint density at radius 2 is 1.75 bits per heavy atom. The van der Waals surface area contributed by atoms with Crippen LogP contribution in [-0.4, -0.2) is 24.9 Å². The summed E-state index contributed by atoms with van der Waals surface area (Å²) in [7, 11) is -3.03. The number of aromatic nitrogens is 2. The molecule has 0 saturated carbocycles. The first-order chi connectivity index (χ1) is 11.5. The van der Waals surface area contributed by atoms with Crippen molar-refractivity contribution in [3.63, 3.8) is 0 Å². The van der Waals surface area contributed by atoms with Gasteiger partial charge in [0.1, 0.15) is 4.60 Å². The van der Waals surface area contributed by atoms with Gasteiger partial charge in [-0.3, -0.25) is 13.9 Å². The van der Waals surface area contributed by atoms with Crippen LogP contribution in [0.4, 0.5) is 0 Å². The molecule has 0 unspecified atom stereocenters. The highest BCUT2D eigenvalue weighted by molar-refractivity contribution is 9.10. The van der Waals surface area contributed by atoms with E-state index in [9.17, 15) is 13.9 Å². The van der Waals surface area contributed by atoms with Gasteiger partial charge in [-0.25, -0.2) is 9.97 Å². The normalized spacial score (nSPS) is 15.5. The van der Waals surface area contributed by atoms with Crippen molar-refractivity contribution in [1.29, 1.82) is 0 Å². The highest BCUT2D eigenvalue weighted by Crippen LogP contribution is 2.66. The molecular formula is C17H11BrN2O3S. The smallest absolute Gasteiger partial charge is 0.230 e. The number of carbonyl (C=O) groups is 1. The van der Waals surface area contributed by atoms with Crippen molar-refractivity contribution in [1.82, 2.24) is 9.97 Å². The molecule has 120 valence electrons. The quantitative estimate of drug-likeness (QED) is 0.482. The molecule has 0 spiro atoms. The van der Waals surface area contributed by atoms with Crippen molar-refractivity contribution in [3.05, 3.63) is 70.7 Å². The van der Waals surface area contributed by atoms with E-state index in [1.54, 1.807) is 36.4 Å². The number of hydrogen-bond donors (Lipinski definition) is 2. The average molecular weight is 403 g/mol. The third kappa shape index (κ3) is 2.29. The van der Waals surface area contributed by atoms with Crippen LogP contribution in [0.2, 0.25) is 0 Å². The predicted molar refractivity (Wildman–Crippen MR) is 94.4 cm³/mol. The molecule has 0 atom stereocenters. The Kier molecular flexibility index (Phi) is 3.54. The molecule has 0 amide bonds. The number of rotatable bonds is 2. The SMILES string of the molecule is O=C(c1ccc2c(c1)-c1ccccc1S2(O)O)c1nccc(Br)n1. The van der Waals surface area contributed by atoms with E-state index in [0.29, 0.717) is 25.5 Å². The second kappa shape index (κ2) is 5.49. The number of halogens is 1. The van der Waals surface area contributed by atoms with E-state index >= 15 is 0 Å². The van der Waals surface area contributed by atoms with E-state index in [0.717, 1.165) is 5.56 Å². The number of carbonyl (C=O) groups excluding carboxylic acids is 1. The molecule has 1 aromatic heterocycles. The Labute approximate surface area is 147 Å². The summed E-state index contributed by atoms with van der Waals surface area (Å²) in [5, 5.41) is 0. The fourth-order valence-corrected chi connectivity index (χ4v) is 4.77. The van der Waals surface area contributed by atoms with Crippen LogP contribution < -0.4 is 0 Å². The summed E-state index contributed by atoms with van der Waals surface area (Å²) in [5.74, 6) is -0.234. The van der Waals surface area contributed by atoms with Gasteiger partial charge in [-0.1, -0.05) is 18.2 Å². The van der Waals surface area contributed by atoms with Gasteiger partial charge < -0.3 is 0 Å². The van der Waals surface area contributed by atoms with Crippen LogP contribution >= 0.6 is 26.5 Å². The lowest BCUT2D eigenvalue weighted by Crippen LogP contribution is -2.07. The highest BCUT2D eigenvalue weighted by Gasteiger charge is 2.33. The van der Waals surface area contributed by atoms with Crippen LogP contribution in [0.25, 0.3) is 11.1 Å². The van der Waals surface area contributed by atoms with Gasteiger partial charge >= 0.3 is 0 Å². The average Bonchev–Trinajstić information content (AvgIpc) is 2.82. The van der Waals surface area contributed by atoms with Gasteiger partial charge in [0, 0.05) is 22.9 Å². The zero-order valence-corrected chi connectivity index (χ0v) is 14.6. The largest absolute Gasteiger partial charge is 0.290 e. The van der Waals surface area contributed by atoms with Crippen molar-refractivity contribution in [2.75, 3.05) is 0 Å². The van der Waals surface area contributed by atoms with Gasteiger partial charge in [-0.15, -0.1) is 10.6 Å². The molecule has 5 nitrogen and oxygen atoms in total. The number of ketones is 1. The maximum Gasteiger partial charge on any atom is 0.230 e. The maximum atomic E-state index is 12.6. The monoisotopic (exact) mass is 402 g/mol. The highest BCUT2D eigenvalue weighted by atomic mass is 79.9. The van der Waals surface area contributed by atoms with Crippen LogP contribution in [0, 0.1) is 0 Å². The van der Waals surface area contributed by atoms with Gasteiger partial charge in [-0.2, -0.15) is 0 Å². The second-order valence-electron chi connectivity index (χ2n) is 5.29. The molecule has 0 bridgehead atoms. The molecule has 4 rings (SSSR count). The Morgan fingerprint density at radius 1 is 1.00 bits per heavy atom. The Morgan fingerprint density at radius 3 is 2.54 bits per heavy atom. The minimum atomic E-state index is -3.03.